The van der Waals surface area contributed by atoms with Crippen LogP contribution in [0.15, 0.2) is 16.7 Å². The molecule has 15 heavy (non-hydrogen) atoms. The summed E-state index contributed by atoms with van der Waals surface area (Å²) in [6.07, 6.45) is 3.54. The minimum absolute atomic E-state index is 0.0318. The van der Waals surface area contributed by atoms with Crippen LogP contribution in [0.4, 0.5) is 0 Å². The summed E-state index contributed by atoms with van der Waals surface area (Å²) in [6.45, 7) is 0.802. The number of likely N-dealkylation sites (tertiary alicyclic amines) is 1. The second kappa shape index (κ2) is 4.58. The van der Waals surface area contributed by atoms with E-state index < -0.39 is 0 Å². The first-order valence-corrected chi connectivity index (χ1v) is 6.34. The number of furan rings is 1. The van der Waals surface area contributed by atoms with Crippen LogP contribution in [0.25, 0.3) is 0 Å². The molecule has 0 N–H and O–H groups in total. The molecule has 1 aromatic heterocycles. The third-order valence-electron chi connectivity index (χ3n) is 2.66. The number of carbonyl (C=O) groups excluding carboxylic acids is 1. The Hall–Kier alpha value is -0.480. The summed E-state index contributed by atoms with van der Waals surface area (Å²) in [7, 11) is 0. The van der Waals surface area contributed by atoms with Gasteiger partial charge in [0.05, 0.1) is 11.8 Å². The van der Waals surface area contributed by atoms with Gasteiger partial charge in [-0.2, -0.15) is 0 Å². The van der Waals surface area contributed by atoms with Crippen LogP contribution in [0.3, 0.4) is 0 Å². The van der Waals surface area contributed by atoms with E-state index >= 15 is 0 Å². The Morgan fingerprint density at radius 2 is 2.53 bits per heavy atom. The van der Waals surface area contributed by atoms with Gasteiger partial charge in [0, 0.05) is 17.9 Å². The van der Waals surface area contributed by atoms with Gasteiger partial charge in [0.2, 0.25) is 5.22 Å². The van der Waals surface area contributed by atoms with Gasteiger partial charge >= 0.3 is 0 Å². The van der Waals surface area contributed by atoms with E-state index in [1.807, 2.05) is 4.90 Å². The van der Waals surface area contributed by atoms with Gasteiger partial charge in [0.1, 0.15) is 0 Å². The van der Waals surface area contributed by atoms with E-state index in [1.54, 1.807) is 6.07 Å². The number of hydrogen-bond acceptors (Lipinski definition) is 2. The van der Waals surface area contributed by atoms with Gasteiger partial charge in [-0.1, -0.05) is 15.9 Å². The molecule has 0 spiro atoms. The zero-order valence-corrected chi connectivity index (χ0v) is 10.4. The van der Waals surface area contributed by atoms with Gasteiger partial charge in [0.25, 0.3) is 5.91 Å². The Kier molecular flexibility index (Phi) is 3.36. The first-order chi connectivity index (χ1) is 7.24. The fraction of sp³-hybridized carbons (Fsp3) is 0.500. The zero-order chi connectivity index (χ0) is 10.8. The number of amides is 1. The van der Waals surface area contributed by atoms with Crippen LogP contribution >= 0.6 is 27.5 Å². The Balaban J connectivity index is 2.18. The van der Waals surface area contributed by atoms with Gasteiger partial charge in [-0.05, 0) is 30.5 Å². The molecule has 2 heterocycles. The quantitative estimate of drug-likeness (QED) is 0.785. The molecule has 1 atom stereocenters. The van der Waals surface area contributed by atoms with E-state index in [2.05, 4.69) is 15.9 Å². The zero-order valence-electron chi connectivity index (χ0n) is 8.08. The van der Waals surface area contributed by atoms with Crippen LogP contribution in [0.1, 0.15) is 23.2 Å². The predicted octanol–water partition coefficient (Wildman–Crippen LogP) is 2.93. The van der Waals surface area contributed by atoms with Crippen molar-refractivity contribution in [2.24, 2.45) is 0 Å². The first kappa shape index (κ1) is 11.0. The lowest BCUT2D eigenvalue weighted by Gasteiger charge is -2.22. The number of nitrogens with zero attached hydrogens (tertiary/aromatic N) is 1. The number of rotatable bonds is 2. The Morgan fingerprint density at radius 1 is 1.73 bits per heavy atom. The summed E-state index contributed by atoms with van der Waals surface area (Å²) >= 11 is 9.19. The highest BCUT2D eigenvalue weighted by Crippen LogP contribution is 2.25. The Morgan fingerprint density at radius 3 is 3.13 bits per heavy atom. The monoisotopic (exact) mass is 291 g/mol. The van der Waals surface area contributed by atoms with Crippen molar-refractivity contribution in [3.8, 4) is 0 Å². The summed E-state index contributed by atoms with van der Waals surface area (Å²) in [5, 5.41) is 0.994. The largest absolute Gasteiger partial charge is 0.452 e. The van der Waals surface area contributed by atoms with E-state index in [1.165, 1.54) is 6.26 Å². The van der Waals surface area contributed by atoms with Crippen LogP contribution in [0, 0.1) is 0 Å². The van der Waals surface area contributed by atoms with E-state index in [0.717, 1.165) is 24.7 Å². The van der Waals surface area contributed by atoms with E-state index in [9.17, 15) is 4.79 Å². The van der Waals surface area contributed by atoms with Crippen molar-refractivity contribution in [2.75, 3.05) is 11.9 Å². The van der Waals surface area contributed by atoms with Crippen molar-refractivity contribution in [1.82, 2.24) is 4.90 Å². The number of hydrogen-bond donors (Lipinski definition) is 0. The third-order valence-corrected chi connectivity index (χ3v) is 3.70. The maximum atomic E-state index is 12.1. The Labute approximate surface area is 102 Å². The van der Waals surface area contributed by atoms with Gasteiger partial charge in [-0.25, -0.2) is 0 Å². The average Bonchev–Trinajstić information content (AvgIpc) is 2.84. The SMILES string of the molecule is O=C(c1ccoc1Cl)N1CCCC1CBr. The fourth-order valence-corrected chi connectivity index (χ4v) is 2.73. The summed E-state index contributed by atoms with van der Waals surface area (Å²) in [5.74, 6) is -0.0318. The van der Waals surface area contributed by atoms with Gasteiger partial charge in [0.15, 0.2) is 0 Å². The van der Waals surface area contributed by atoms with Crippen molar-refractivity contribution < 1.29 is 9.21 Å². The van der Waals surface area contributed by atoms with Crippen molar-refractivity contribution in [1.29, 1.82) is 0 Å². The molecule has 2 rings (SSSR count). The van der Waals surface area contributed by atoms with E-state index in [0.29, 0.717) is 5.56 Å². The van der Waals surface area contributed by atoms with Crippen molar-refractivity contribution in [3.63, 3.8) is 0 Å². The average molecular weight is 293 g/mol. The molecule has 1 saturated heterocycles. The topological polar surface area (TPSA) is 33.5 Å². The molecule has 0 bridgehead atoms. The molecule has 0 radical (unpaired) electrons. The normalized spacial score (nSPS) is 20.9. The van der Waals surface area contributed by atoms with Gasteiger partial charge in [-0.3, -0.25) is 4.79 Å². The lowest BCUT2D eigenvalue weighted by molar-refractivity contribution is 0.0750. The number of alkyl halides is 1. The van der Waals surface area contributed by atoms with Crippen LogP contribution in [-0.4, -0.2) is 28.7 Å². The lowest BCUT2D eigenvalue weighted by atomic mass is 10.2. The molecule has 1 amide bonds. The van der Waals surface area contributed by atoms with Crippen molar-refractivity contribution in [2.45, 2.75) is 18.9 Å². The van der Waals surface area contributed by atoms with Gasteiger partial charge in [-0.15, -0.1) is 0 Å². The molecular weight excluding hydrogens is 281 g/mol. The highest BCUT2D eigenvalue weighted by molar-refractivity contribution is 9.09. The van der Waals surface area contributed by atoms with Crippen LogP contribution < -0.4 is 0 Å². The lowest BCUT2D eigenvalue weighted by Crippen LogP contribution is -2.36. The standard InChI is InChI=1S/C10H11BrClNO2/c11-6-7-2-1-4-13(7)10(14)8-3-5-15-9(8)12/h3,5,7H,1-2,4,6H2. The molecule has 0 aliphatic carbocycles. The second-order valence-corrected chi connectivity index (χ2v) is 4.55. The minimum Gasteiger partial charge on any atom is -0.452 e. The predicted molar refractivity (Wildman–Crippen MR) is 61.6 cm³/mol. The smallest absolute Gasteiger partial charge is 0.259 e. The van der Waals surface area contributed by atoms with E-state index in [4.69, 9.17) is 16.0 Å². The third kappa shape index (κ3) is 2.06. The number of carbonyl (C=O) groups is 1. The molecule has 1 unspecified atom stereocenters. The maximum Gasteiger partial charge on any atom is 0.259 e. The Bertz CT molecular complexity index is 366. The molecule has 1 fully saturated rings. The summed E-state index contributed by atoms with van der Waals surface area (Å²) < 4.78 is 4.92. The van der Waals surface area contributed by atoms with Crippen LogP contribution in [-0.2, 0) is 0 Å². The summed E-state index contributed by atoms with van der Waals surface area (Å²) in [4.78, 5) is 13.9. The minimum atomic E-state index is -0.0318. The van der Waals surface area contributed by atoms with Crippen LogP contribution in [0.2, 0.25) is 5.22 Å². The number of halogens is 2. The molecule has 5 heteroatoms. The maximum absolute atomic E-state index is 12.1. The summed E-state index contributed by atoms with van der Waals surface area (Å²) in [5.41, 5.74) is 0.463. The van der Waals surface area contributed by atoms with Gasteiger partial charge < -0.3 is 9.32 Å². The molecular formula is C10H11BrClNO2. The van der Waals surface area contributed by atoms with Crippen LogP contribution in [0.5, 0.6) is 0 Å². The highest BCUT2D eigenvalue weighted by atomic mass is 79.9. The highest BCUT2D eigenvalue weighted by Gasteiger charge is 2.30. The first-order valence-electron chi connectivity index (χ1n) is 4.84. The fourth-order valence-electron chi connectivity index (χ4n) is 1.86. The second-order valence-electron chi connectivity index (χ2n) is 3.56. The molecule has 1 aromatic rings. The molecule has 1 aliphatic heterocycles. The molecule has 0 saturated carbocycles. The van der Waals surface area contributed by atoms with Crippen molar-refractivity contribution >= 4 is 33.4 Å². The molecule has 82 valence electrons. The van der Waals surface area contributed by atoms with Crippen molar-refractivity contribution in [3.05, 3.63) is 23.1 Å². The molecule has 1 aliphatic rings. The molecule has 3 nitrogen and oxygen atoms in total. The van der Waals surface area contributed by atoms with E-state index in [-0.39, 0.29) is 17.2 Å². The summed E-state index contributed by atoms with van der Waals surface area (Å²) in [6, 6.07) is 1.90. The molecule has 0 aromatic carbocycles.